The van der Waals surface area contributed by atoms with Gasteiger partial charge in [-0.25, -0.2) is 8.42 Å². The topological polar surface area (TPSA) is 49.4 Å². The fourth-order valence-electron chi connectivity index (χ4n) is 1.76. The summed E-state index contributed by atoms with van der Waals surface area (Å²) in [7, 11) is -1.43. The summed E-state index contributed by atoms with van der Waals surface area (Å²) < 4.78 is 26.0. The number of anilines is 1. The summed E-state index contributed by atoms with van der Waals surface area (Å²) in [5.41, 5.74) is 1.94. The molecular formula is C11H16N2O2S. The highest BCUT2D eigenvalue weighted by Crippen LogP contribution is 2.30. The van der Waals surface area contributed by atoms with Crippen LogP contribution in [0.25, 0.3) is 0 Å². The van der Waals surface area contributed by atoms with E-state index in [1.165, 1.54) is 0 Å². The summed E-state index contributed by atoms with van der Waals surface area (Å²) in [6, 6.07) is 5.52. The first-order chi connectivity index (χ1) is 7.42. The van der Waals surface area contributed by atoms with Crippen LogP contribution < -0.4 is 9.62 Å². The van der Waals surface area contributed by atoms with E-state index < -0.39 is 10.0 Å². The van der Waals surface area contributed by atoms with Crippen molar-refractivity contribution in [3.63, 3.8) is 0 Å². The van der Waals surface area contributed by atoms with Gasteiger partial charge in [-0.1, -0.05) is 19.9 Å². The van der Waals surface area contributed by atoms with Crippen molar-refractivity contribution < 1.29 is 8.42 Å². The molecule has 0 unspecified atom stereocenters. The molecule has 88 valence electrons. The van der Waals surface area contributed by atoms with Gasteiger partial charge in [-0.15, -0.1) is 0 Å². The van der Waals surface area contributed by atoms with Crippen LogP contribution in [-0.4, -0.2) is 22.1 Å². The highest BCUT2D eigenvalue weighted by atomic mass is 32.2. The van der Waals surface area contributed by atoms with Crippen molar-refractivity contribution >= 4 is 15.7 Å². The molecule has 0 aliphatic carbocycles. The van der Waals surface area contributed by atoms with Crippen LogP contribution in [0, 0.1) is 0 Å². The Morgan fingerprint density at radius 3 is 2.69 bits per heavy atom. The van der Waals surface area contributed by atoms with E-state index in [2.05, 4.69) is 18.6 Å². The Morgan fingerprint density at radius 2 is 2.06 bits per heavy atom. The van der Waals surface area contributed by atoms with Gasteiger partial charge >= 0.3 is 0 Å². The van der Waals surface area contributed by atoms with Gasteiger partial charge in [0.15, 0.2) is 0 Å². The normalized spacial score (nSPS) is 18.6. The lowest BCUT2D eigenvalue weighted by Crippen LogP contribution is -2.40. The lowest BCUT2D eigenvalue weighted by molar-refractivity contribution is 0.575. The fraction of sp³-hybridized carbons (Fsp3) is 0.455. The number of nitrogens with one attached hydrogen (secondary N) is 1. The van der Waals surface area contributed by atoms with Crippen molar-refractivity contribution in [1.29, 1.82) is 0 Å². The van der Waals surface area contributed by atoms with Gasteiger partial charge in [0.05, 0.1) is 12.4 Å². The molecule has 1 aromatic rings. The molecule has 2 rings (SSSR count). The summed E-state index contributed by atoms with van der Waals surface area (Å²) in [6.45, 7) is 4.52. The zero-order chi connectivity index (χ0) is 11.9. The Bertz CT molecular complexity index is 509. The minimum absolute atomic E-state index is 0.330. The molecule has 0 saturated carbocycles. The monoisotopic (exact) mass is 240 g/mol. The average molecular weight is 240 g/mol. The third kappa shape index (κ3) is 1.81. The number of benzene rings is 1. The van der Waals surface area contributed by atoms with E-state index in [1.54, 1.807) is 6.07 Å². The molecule has 0 fully saturated rings. The molecule has 16 heavy (non-hydrogen) atoms. The molecule has 0 atom stereocenters. The van der Waals surface area contributed by atoms with Crippen LogP contribution in [0.1, 0.15) is 25.3 Å². The minimum Gasteiger partial charge on any atom is -0.360 e. The van der Waals surface area contributed by atoms with Gasteiger partial charge in [-0.3, -0.25) is 0 Å². The molecule has 1 heterocycles. The van der Waals surface area contributed by atoms with Crippen molar-refractivity contribution in [1.82, 2.24) is 4.72 Å². The summed E-state index contributed by atoms with van der Waals surface area (Å²) in [4.78, 5) is 2.27. The van der Waals surface area contributed by atoms with E-state index in [-0.39, 0.29) is 0 Å². The second-order valence-electron chi connectivity index (χ2n) is 4.39. The lowest BCUT2D eigenvalue weighted by Gasteiger charge is -2.28. The van der Waals surface area contributed by atoms with Gasteiger partial charge in [0.1, 0.15) is 4.90 Å². The third-order valence-corrected chi connectivity index (χ3v) is 4.28. The molecule has 4 nitrogen and oxygen atoms in total. The van der Waals surface area contributed by atoms with Crippen LogP contribution in [0.3, 0.4) is 0 Å². The zero-order valence-electron chi connectivity index (χ0n) is 9.69. The largest absolute Gasteiger partial charge is 0.360 e. The van der Waals surface area contributed by atoms with Gasteiger partial charge in [0, 0.05) is 7.05 Å². The van der Waals surface area contributed by atoms with E-state index in [4.69, 9.17) is 0 Å². The van der Waals surface area contributed by atoms with E-state index >= 15 is 0 Å². The Kier molecular flexibility index (Phi) is 2.67. The van der Waals surface area contributed by atoms with Gasteiger partial charge in [-0.05, 0) is 23.6 Å². The number of hydrogen-bond donors (Lipinski definition) is 1. The predicted octanol–water partition coefficient (Wildman–Crippen LogP) is 1.50. The number of sulfonamides is 1. The summed E-state index contributed by atoms with van der Waals surface area (Å²) in [5, 5.41) is 0. The molecular weight excluding hydrogens is 224 g/mol. The van der Waals surface area contributed by atoms with E-state index in [0.29, 0.717) is 17.5 Å². The van der Waals surface area contributed by atoms with Gasteiger partial charge in [0.25, 0.3) is 0 Å². The number of hydrogen-bond acceptors (Lipinski definition) is 3. The molecule has 0 saturated heterocycles. The molecule has 0 spiro atoms. The highest BCUT2D eigenvalue weighted by Gasteiger charge is 2.26. The van der Waals surface area contributed by atoms with E-state index in [1.807, 2.05) is 24.1 Å². The van der Waals surface area contributed by atoms with Crippen molar-refractivity contribution in [2.45, 2.75) is 24.7 Å². The molecule has 5 heteroatoms. The number of nitrogens with zero attached hydrogens (tertiary/aromatic N) is 1. The van der Waals surface area contributed by atoms with Crippen molar-refractivity contribution in [2.24, 2.45) is 0 Å². The average Bonchev–Trinajstić information content (AvgIpc) is 2.23. The quantitative estimate of drug-likeness (QED) is 0.809. The molecule has 1 aliphatic heterocycles. The van der Waals surface area contributed by atoms with Crippen molar-refractivity contribution in [3.05, 3.63) is 23.8 Å². The maximum atomic E-state index is 11.8. The molecule has 0 radical (unpaired) electrons. The van der Waals surface area contributed by atoms with Crippen LogP contribution >= 0.6 is 0 Å². The molecule has 0 amide bonds. The molecule has 0 bridgehead atoms. The first kappa shape index (κ1) is 11.4. The SMILES string of the molecule is CC(C)c1ccc2c(c1)N(C)CNS2(=O)=O. The third-order valence-electron chi connectivity index (χ3n) is 2.84. The van der Waals surface area contributed by atoms with Gasteiger partial charge in [0.2, 0.25) is 10.0 Å². The summed E-state index contributed by atoms with van der Waals surface area (Å²) >= 11 is 0. The Morgan fingerprint density at radius 1 is 1.38 bits per heavy atom. The first-order valence-corrected chi connectivity index (χ1v) is 6.75. The van der Waals surface area contributed by atoms with Crippen LogP contribution in [0.15, 0.2) is 23.1 Å². The van der Waals surface area contributed by atoms with Crippen LogP contribution in [0.2, 0.25) is 0 Å². The van der Waals surface area contributed by atoms with Crippen LogP contribution in [0.4, 0.5) is 5.69 Å². The Balaban J connectivity index is 2.61. The standard InChI is InChI=1S/C11H16N2O2S/c1-8(2)9-4-5-11-10(6-9)13(3)7-12-16(11,14)15/h4-6,8,12H,7H2,1-3H3. The Labute approximate surface area is 96.3 Å². The second kappa shape index (κ2) is 3.75. The summed E-state index contributed by atoms with van der Waals surface area (Å²) in [5.74, 6) is 0.399. The first-order valence-electron chi connectivity index (χ1n) is 5.26. The molecule has 1 aromatic carbocycles. The maximum absolute atomic E-state index is 11.8. The zero-order valence-corrected chi connectivity index (χ0v) is 10.5. The molecule has 0 aromatic heterocycles. The smallest absolute Gasteiger partial charge is 0.244 e. The minimum atomic E-state index is -3.31. The van der Waals surface area contributed by atoms with E-state index in [9.17, 15) is 8.42 Å². The number of rotatable bonds is 1. The highest BCUT2D eigenvalue weighted by molar-refractivity contribution is 7.89. The lowest BCUT2D eigenvalue weighted by atomic mass is 10.0. The maximum Gasteiger partial charge on any atom is 0.244 e. The number of fused-ring (bicyclic) bond motifs is 1. The predicted molar refractivity (Wildman–Crippen MR) is 64.1 cm³/mol. The van der Waals surface area contributed by atoms with Gasteiger partial charge < -0.3 is 4.90 Å². The fourth-order valence-corrected chi connectivity index (χ4v) is 3.02. The van der Waals surface area contributed by atoms with Crippen molar-refractivity contribution in [3.8, 4) is 0 Å². The molecule has 1 N–H and O–H groups in total. The van der Waals surface area contributed by atoms with E-state index in [0.717, 1.165) is 11.3 Å². The second-order valence-corrected chi connectivity index (χ2v) is 6.12. The van der Waals surface area contributed by atoms with Gasteiger partial charge in [-0.2, -0.15) is 4.72 Å². The summed E-state index contributed by atoms with van der Waals surface area (Å²) in [6.07, 6.45) is 0. The van der Waals surface area contributed by atoms with Crippen molar-refractivity contribution in [2.75, 3.05) is 18.6 Å². The Hall–Kier alpha value is -1.07. The molecule has 1 aliphatic rings. The van der Waals surface area contributed by atoms with Crippen LogP contribution in [-0.2, 0) is 10.0 Å². The van der Waals surface area contributed by atoms with Crippen LogP contribution in [0.5, 0.6) is 0 Å².